The van der Waals surface area contributed by atoms with Gasteiger partial charge in [-0.2, -0.15) is 8.78 Å². The third kappa shape index (κ3) is 8.83. The summed E-state index contributed by atoms with van der Waals surface area (Å²) < 4.78 is 111. The minimum atomic E-state index is -3.86. The summed E-state index contributed by atoms with van der Waals surface area (Å²) in [6.07, 6.45) is -6.52. The second-order valence-corrected chi connectivity index (χ2v) is 10.7. The fraction of sp³-hybridized carbons (Fsp3) is 0.591. The summed E-state index contributed by atoms with van der Waals surface area (Å²) in [4.78, 5) is 11.7. The van der Waals surface area contributed by atoms with Crippen molar-refractivity contribution in [3.8, 4) is 5.75 Å². The molecular weight excluding hydrogens is 607 g/mol. The molecule has 2 aromatic rings. The van der Waals surface area contributed by atoms with Gasteiger partial charge in [0.15, 0.2) is 6.29 Å². The molecule has 236 valence electrons. The largest absolute Gasteiger partial charge is 0.420 e. The van der Waals surface area contributed by atoms with Gasteiger partial charge >= 0.3 is 5.97 Å². The molecule has 42 heavy (non-hydrogen) atoms. The predicted octanol–water partition coefficient (Wildman–Crippen LogP) is -0.969. The number of nitrogens with two attached hydrogens (primary N) is 1. The summed E-state index contributed by atoms with van der Waals surface area (Å²) in [5.74, 6) is -15.0. The van der Waals surface area contributed by atoms with Crippen LogP contribution in [0.3, 0.4) is 0 Å². The lowest BCUT2D eigenvalue weighted by Gasteiger charge is -2.40. The molecule has 1 fully saturated rings. The molecule has 0 aliphatic carbocycles. The van der Waals surface area contributed by atoms with Gasteiger partial charge in [-0.1, -0.05) is 5.21 Å². The quantitative estimate of drug-likeness (QED) is 0.0495. The normalized spacial score (nSPS) is 22.8. The number of rotatable bonds is 14. The van der Waals surface area contributed by atoms with Gasteiger partial charge in [-0.15, -0.1) is 5.10 Å². The van der Waals surface area contributed by atoms with Gasteiger partial charge in [0.2, 0.25) is 44.9 Å². The molecule has 0 unspecified atom stereocenters. The van der Waals surface area contributed by atoms with Crippen molar-refractivity contribution < 1.29 is 69.4 Å². The number of aliphatic hydroxyl groups is 3. The van der Waals surface area contributed by atoms with Gasteiger partial charge in [0.05, 0.1) is 50.3 Å². The number of halogens is 5. The number of primary sulfonamides is 1. The maximum Gasteiger partial charge on any atom is 0.313 e. The summed E-state index contributed by atoms with van der Waals surface area (Å²) in [5.41, 5.74) is 0.429. The third-order valence-corrected chi connectivity index (χ3v) is 6.69. The van der Waals surface area contributed by atoms with Crippen molar-refractivity contribution in [1.82, 2.24) is 15.0 Å². The van der Waals surface area contributed by atoms with Gasteiger partial charge in [-0.25, -0.2) is 31.4 Å². The molecule has 5 N–H and O–H groups in total. The number of ether oxygens (including phenoxy) is 4. The van der Waals surface area contributed by atoms with Crippen LogP contribution in [0.4, 0.5) is 22.0 Å². The number of benzene rings is 1. The molecule has 1 aromatic carbocycles. The summed E-state index contributed by atoms with van der Waals surface area (Å²) in [6.45, 7) is -0.267. The molecule has 20 heteroatoms. The monoisotopic (exact) mass is 634 g/mol. The third-order valence-electron chi connectivity index (χ3n) is 5.88. The number of nitrogens with zero attached hydrogens (tertiary/aromatic N) is 3. The summed E-state index contributed by atoms with van der Waals surface area (Å²) >= 11 is 0. The SMILES string of the molecule is NS(=O)(=O)CC[C@H]1O[C@H](OCCc2cn(CCOCCC(=O)Oc3c(F)c(F)c(F)c(F)c3F)nn2)[C@@H](O)[C@@H](O)[C@@H]1O. The van der Waals surface area contributed by atoms with E-state index in [1.54, 1.807) is 0 Å². The smallest absolute Gasteiger partial charge is 0.313 e. The molecule has 0 amide bonds. The van der Waals surface area contributed by atoms with Crippen LogP contribution in [0.25, 0.3) is 0 Å². The van der Waals surface area contributed by atoms with Crippen molar-refractivity contribution >= 4 is 16.0 Å². The van der Waals surface area contributed by atoms with Crippen LogP contribution in [0.2, 0.25) is 0 Å². The Morgan fingerprint density at radius 2 is 1.62 bits per heavy atom. The van der Waals surface area contributed by atoms with Crippen LogP contribution in [-0.4, -0.2) is 101 Å². The van der Waals surface area contributed by atoms with E-state index in [2.05, 4.69) is 15.0 Å². The van der Waals surface area contributed by atoms with E-state index >= 15 is 0 Å². The van der Waals surface area contributed by atoms with Crippen molar-refractivity contribution in [2.24, 2.45) is 5.14 Å². The van der Waals surface area contributed by atoms with Crippen LogP contribution in [0.1, 0.15) is 18.5 Å². The number of esters is 1. The highest BCUT2D eigenvalue weighted by Gasteiger charge is 2.44. The minimum absolute atomic E-state index is 0.0165. The van der Waals surface area contributed by atoms with Gasteiger partial charge in [0, 0.05) is 12.6 Å². The van der Waals surface area contributed by atoms with E-state index in [-0.39, 0.29) is 39.2 Å². The van der Waals surface area contributed by atoms with Crippen LogP contribution in [-0.2, 0) is 42.0 Å². The highest BCUT2D eigenvalue weighted by Crippen LogP contribution is 2.29. The highest BCUT2D eigenvalue weighted by molar-refractivity contribution is 7.89. The van der Waals surface area contributed by atoms with Crippen LogP contribution in [0.15, 0.2) is 6.20 Å². The average molecular weight is 635 g/mol. The maximum absolute atomic E-state index is 13.6. The van der Waals surface area contributed by atoms with Crippen LogP contribution in [0, 0.1) is 29.1 Å². The van der Waals surface area contributed by atoms with Crippen molar-refractivity contribution in [2.75, 3.05) is 25.6 Å². The highest BCUT2D eigenvalue weighted by atomic mass is 32.2. The fourth-order valence-corrected chi connectivity index (χ4v) is 4.23. The second kappa shape index (κ2) is 14.6. The molecule has 0 radical (unpaired) electrons. The van der Waals surface area contributed by atoms with Crippen LogP contribution in [0.5, 0.6) is 5.75 Å². The lowest BCUT2D eigenvalue weighted by molar-refractivity contribution is -0.296. The summed E-state index contributed by atoms with van der Waals surface area (Å²) in [5, 5.41) is 42.8. The molecule has 0 bridgehead atoms. The van der Waals surface area contributed by atoms with Gasteiger partial charge < -0.3 is 34.3 Å². The number of carbonyl (C=O) groups is 1. The van der Waals surface area contributed by atoms with E-state index < -0.39 is 93.7 Å². The average Bonchev–Trinajstić information content (AvgIpc) is 3.39. The first-order chi connectivity index (χ1) is 19.7. The zero-order valence-electron chi connectivity index (χ0n) is 21.5. The van der Waals surface area contributed by atoms with Gasteiger partial charge in [-0.3, -0.25) is 4.79 Å². The molecule has 1 aromatic heterocycles. The number of hydrogen-bond donors (Lipinski definition) is 4. The number of hydrogen-bond acceptors (Lipinski definition) is 12. The van der Waals surface area contributed by atoms with E-state index in [0.29, 0.717) is 5.69 Å². The lowest BCUT2D eigenvalue weighted by Crippen LogP contribution is -2.58. The molecule has 2 heterocycles. The van der Waals surface area contributed by atoms with Gasteiger partial charge in [-0.05, 0) is 6.42 Å². The second-order valence-electron chi connectivity index (χ2n) is 9.00. The molecule has 0 spiro atoms. The number of aromatic nitrogens is 3. The van der Waals surface area contributed by atoms with Crippen LogP contribution < -0.4 is 9.88 Å². The Morgan fingerprint density at radius 3 is 2.26 bits per heavy atom. The number of carbonyl (C=O) groups excluding carboxylic acids is 1. The molecule has 1 aliphatic heterocycles. The standard InChI is InChI=1S/C22H27F5N4O10S/c23-13-14(24)16(26)21(17(27)15(13)25)41-12(32)2-5-38-7-4-31-9-10(29-30-31)1-6-39-22-20(35)19(34)18(33)11(40-22)3-8-42(28,36)37/h9,11,18-20,22,33-35H,1-8H2,(H2,28,36,37)/t11-,18-,19+,20+,22+/m1/s1. The van der Waals surface area contributed by atoms with Crippen molar-refractivity contribution in [2.45, 2.75) is 56.5 Å². The first-order valence-electron chi connectivity index (χ1n) is 12.2. The Labute approximate surface area is 234 Å². The Kier molecular flexibility index (Phi) is 11.7. The molecule has 3 rings (SSSR count). The number of sulfonamides is 1. The lowest BCUT2D eigenvalue weighted by atomic mass is 9.97. The summed E-state index contributed by atoms with van der Waals surface area (Å²) in [7, 11) is -3.86. The Hall–Kier alpha value is -2.85. The molecule has 0 saturated carbocycles. The van der Waals surface area contributed by atoms with Crippen LogP contribution >= 0.6 is 0 Å². The fourth-order valence-electron chi connectivity index (χ4n) is 3.67. The summed E-state index contributed by atoms with van der Waals surface area (Å²) in [6, 6.07) is 0. The minimum Gasteiger partial charge on any atom is -0.420 e. The molecule has 5 atom stereocenters. The zero-order valence-corrected chi connectivity index (χ0v) is 22.4. The first kappa shape index (κ1) is 33.6. The van der Waals surface area contributed by atoms with Gasteiger partial charge in [0.25, 0.3) is 0 Å². The van der Waals surface area contributed by atoms with Gasteiger partial charge in [0.1, 0.15) is 18.3 Å². The Balaban J connectivity index is 1.37. The maximum atomic E-state index is 13.6. The predicted molar refractivity (Wildman–Crippen MR) is 126 cm³/mol. The van der Waals surface area contributed by atoms with E-state index in [4.69, 9.17) is 19.3 Å². The first-order valence-corrected chi connectivity index (χ1v) is 13.9. The number of aliphatic hydroxyl groups excluding tert-OH is 3. The van der Waals surface area contributed by atoms with E-state index in [9.17, 15) is 50.5 Å². The zero-order chi connectivity index (χ0) is 31.2. The molecule has 1 saturated heterocycles. The van der Waals surface area contributed by atoms with Crippen molar-refractivity contribution in [3.05, 3.63) is 41.0 Å². The van der Waals surface area contributed by atoms with E-state index in [1.807, 2.05) is 0 Å². The molecule has 1 aliphatic rings. The molecular formula is C22H27F5N4O10S. The van der Waals surface area contributed by atoms with E-state index in [0.717, 1.165) is 0 Å². The van der Waals surface area contributed by atoms with E-state index in [1.165, 1.54) is 10.9 Å². The van der Waals surface area contributed by atoms with Crippen molar-refractivity contribution in [3.63, 3.8) is 0 Å². The molecule has 14 nitrogen and oxygen atoms in total. The Morgan fingerprint density at radius 1 is 0.976 bits per heavy atom. The van der Waals surface area contributed by atoms with Crippen molar-refractivity contribution in [1.29, 1.82) is 0 Å². The topological polar surface area (TPSA) is 206 Å². The Bertz CT molecular complexity index is 1320.